The van der Waals surface area contributed by atoms with Gasteiger partial charge in [-0.1, -0.05) is 39.8 Å². The Labute approximate surface area is 236 Å². The van der Waals surface area contributed by atoms with Crippen LogP contribution < -0.4 is 20.1 Å². The highest BCUT2D eigenvalue weighted by Crippen LogP contribution is 2.38. The number of carbonyl (C=O) groups excluding carboxylic acids is 1. The number of rotatable bonds is 7. The number of aromatic nitrogens is 3. The number of anilines is 2. The van der Waals surface area contributed by atoms with Gasteiger partial charge in [0.05, 0.1) is 23.6 Å². The first kappa shape index (κ1) is 29.3. The number of sulfonamides is 1. The molecule has 0 bridgehead atoms. The first-order valence-electron chi connectivity index (χ1n) is 13.2. The summed E-state index contributed by atoms with van der Waals surface area (Å²) in [5.74, 6) is 0.455. The van der Waals surface area contributed by atoms with E-state index in [1.54, 1.807) is 12.1 Å². The Balaban J connectivity index is 1.77. The first-order chi connectivity index (χ1) is 18.6. The van der Waals surface area contributed by atoms with Crippen LogP contribution in [0.1, 0.15) is 63.9 Å². The number of amides is 1. The van der Waals surface area contributed by atoms with E-state index in [9.17, 15) is 13.2 Å². The van der Waals surface area contributed by atoms with Crippen LogP contribution in [0.5, 0.6) is 5.88 Å². The summed E-state index contributed by atoms with van der Waals surface area (Å²) in [4.78, 5) is 29.1. The molecule has 4 heterocycles. The van der Waals surface area contributed by atoms with Gasteiger partial charge in [0.15, 0.2) is 5.03 Å². The van der Waals surface area contributed by atoms with Crippen molar-refractivity contribution in [1.82, 2.24) is 19.7 Å². The molecule has 40 heavy (non-hydrogen) atoms. The number of nitrogen functional groups attached to an aromatic ring is 1. The van der Waals surface area contributed by atoms with Crippen molar-refractivity contribution < 1.29 is 17.9 Å². The highest BCUT2D eigenvalue weighted by Gasteiger charge is 2.39. The van der Waals surface area contributed by atoms with E-state index in [-0.39, 0.29) is 27.4 Å². The molecule has 1 atom stereocenters. The number of hydrogen-bond acceptors (Lipinski definition) is 9. The summed E-state index contributed by atoms with van der Waals surface area (Å²) in [5.41, 5.74) is 7.53. The summed E-state index contributed by atoms with van der Waals surface area (Å²) in [6.07, 6.45) is 0.888. The topological polar surface area (TPSA) is 140 Å². The zero-order valence-electron chi connectivity index (χ0n) is 24.1. The molecular formula is C29H38N6O4S. The van der Waals surface area contributed by atoms with Crippen LogP contribution in [0.2, 0.25) is 0 Å². The van der Waals surface area contributed by atoms with Crippen molar-refractivity contribution in [3.63, 3.8) is 0 Å². The molecule has 0 spiro atoms. The van der Waals surface area contributed by atoms with Crippen LogP contribution in [-0.2, 0) is 10.0 Å². The molecule has 1 aliphatic heterocycles. The third-order valence-corrected chi connectivity index (χ3v) is 7.90. The maximum atomic E-state index is 13.5. The predicted molar refractivity (Wildman–Crippen MR) is 156 cm³/mol. The fraction of sp³-hybridized carbons (Fsp3) is 0.448. The Hall–Kier alpha value is -3.73. The zero-order chi connectivity index (χ0) is 29.5. The van der Waals surface area contributed by atoms with Crippen molar-refractivity contribution in [1.29, 1.82) is 0 Å². The molecule has 3 aromatic heterocycles. The summed E-state index contributed by atoms with van der Waals surface area (Å²) in [6.45, 7) is 15.7. The van der Waals surface area contributed by atoms with E-state index in [4.69, 9.17) is 20.4 Å². The van der Waals surface area contributed by atoms with E-state index in [2.05, 4.69) is 56.1 Å². The van der Waals surface area contributed by atoms with Gasteiger partial charge < -0.3 is 15.4 Å². The fourth-order valence-corrected chi connectivity index (χ4v) is 5.82. The van der Waals surface area contributed by atoms with Crippen molar-refractivity contribution in [2.45, 2.75) is 65.5 Å². The van der Waals surface area contributed by atoms with Gasteiger partial charge in [0.1, 0.15) is 11.6 Å². The highest BCUT2D eigenvalue weighted by molar-refractivity contribution is 7.90. The van der Waals surface area contributed by atoms with Crippen LogP contribution in [0.15, 0.2) is 47.5 Å². The van der Waals surface area contributed by atoms with Gasteiger partial charge in [-0.2, -0.15) is 8.42 Å². The third kappa shape index (κ3) is 6.52. The molecule has 1 fully saturated rings. The molecule has 3 aromatic rings. The second-order valence-electron chi connectivity index (χ2n) is 12.3. The summed E-state index contributed by atoms with van der Waals surface area (Å²) in [5, 5.41) is -0.339. The van der Waals surface area contributed by atoms with Crippen LogP contribution in [0.25, 0.3) is 11.4 Å². The van der Waals surface area contributed by atoms with Crippen LogP contribution in [0.3, 0.4) is 0 Å². The van der Waals surface area contributed by atoms with Gasteiger partial charge in [0.25, 0.3) is 15.9 Å². The SMILES string of the molecule is Cc1ccc(OCC(C)(C)C)nc1-c1ccc(C(=O)NS(=O)(=O)c2cccc(N)n2)c(N2CC(C)CC2(C)C)n1. The van der Waals surface area contributed by atoms with E-state index >= 15 is 0 Å². The predicted octanol–water partition coefficient (Wildman–Crippen LogP) is 4.60. The van der Waals surface area contributed by atoms with Gasteiger partial charge in [0.2, 0.25) is 5.88 Å². The monoisotopic (exact) mass is 566 g/mol. The average molecular weight is 567 g/mol. The van der Waals surface area contributed by atoms with Gasteiger partial charge >= 0.3 is 0 Å². The van der Waals surface area contributed by atoms with Gasteiger partial charge in [-0.15, -0.1) is 0 Å². The van der Waals surface area contributed by atoms with Gasteiger partial charge in [-0.05, 0) is 68.4 Å². The number of aryl methyl sites for hydroxylation is 1. The molecule has 11 heteroatoms. The van der Waals surface area contributed by atoms with Crippen molar-refractivity contribution in [3.8, 4) is 17.3 Å². The minimum Gasteiger partial charge on any atom is -0.477 e. The van der Waals surface area contributed by atoms with E-state index in [0.717, 1.165) is 12.0 Å². The summed E-state index contributed by atoms with van der Waals surface area (Å²) >= 11 is 0. The van der Waals surface area contributed by atoms with Crippen LogP contribution in [-0.4, -0.2) is 48.0 Å². The second-order valence-corrected chi connectivity index (χ2v) is 13.9. The molecule has 0 aliphatic carbocycles. The van der Waals surface area contributed by atoms with E-state index < -0.39 is 15.9 Å². The molecule has 1 unspecified atom stereocenters. The number of nitrogens with one attached hydrogen (secondary N) is 1. The zero-order valence-corrected chi connectivity index (χ0v) is 25.0. The molecular weight excluding hydrogens is 528 g/mol. The molecule has 10 nitrogen and oxygen atoms in total. The van der Waals surface area contributed by atoms with Crippen LogP contribution in [0, 0.1) is 18.3 Å². The Morgan fingerprint density at radius 1 is 1.12 bits per heavy atom. The van der Waals surface area contributed by atoms with E-state index in [1.165, 1.54) is 18.2 Å². The minimum absolute atomic E-state index is 0.0337. The summed E-state index contributed by atoms with van der Waals surface area (Å²) < 4.78 is 34.0. The lowest BCUT2D eigenvalue weighted by Gasteiger charge is -2.34. The number of nitrogens with two attached hydrogens (primary N) is 1. The molecule has 4 rings (SSSR count). The van der Waals surface area contributed by atoms with Crippen molar-refractivity contribution in [2.24, 2.45) is 11.3 Å². The molecule has 0 radical (unpaired) electrons. The Morgan fingerprint density at radius 2 is 1.85 bits per heavy atom. The highest BCUT2D eigenvalue weighted by atomic mass is 32.2. The Bertz CT molecular complexity index is 1530. The molecule has 3 N–H and O–H groups in total. The molecule has 1 amide bonds. The summed E-state index contributed by atoms with van der Waals surface area (Å²) in [7, 11) is -4.27. The lowest BCUT2D eigenvalue weighted by molar-refractivity contribution is 0.0981. The molecule has 1 saturated heterocycles. The number of carbonyl (C=O) groups is 1. The van der Waals surface area contributed by atoms with Crippen LogP contribution in [0.4, 0.5) is 11.6 Å². The second kappa shape index (κ2) is 10.7. The number of ether oxygens (including phenoxy) is 1. The van der Waals surface area contributed by atoms with E-state index in [0.29, 0.717) is 42.2 Å². The van der Waals surface area contributed by atoms with Crippen molar-refractivity contribution >= 4 is 27.6 Å². The first-order valence-corrected chi connectivity index (χ1v) is 14.7. The molecule has 1 aliphatic rings. The maximum Gasteiger partial charge on any atom is 0.281 e. The lowest BCUT2D eigenvalue weighted by atomic mass is 9.97. The van der Waals surface area contributed by atoms with Gasteiger partial charge in [-0.3, -0.25) is 4.79 Å². The molecule has 0 aromatic carbocycles. The fourth-order valence-electron chi connectivity index (χ4n) is 4.87. The number of hydrogen-bond donors (Lipinski definition) is 2. The largest absolute Gasteiger partial charge is 0.477 e. The normalized spacial score (nSPS) is 17.1. The maximum absolute atomic E-state index is 13.5. The Kier molecular flexibility index (Phi) is 7.81. The molecule has 214 valence electrons. The standard InChI is InChI=1S/C29H38N6O4S/c1-18-15-29(6,7)35(16-18)26-20(27(36)34-40(37,38)24-10-8-9-22(30)32-24)12-13-21(31-26)25-19(2)11-14-23(33-25)39-17-28(3,4)5/h8-14,18H,15-17H2,1-7H3,(H2,30,32)(H,34,36). The smallest absolute Gasteiger partial charge is 0.281 e. The minimum atomic E-state index is -4.27. The third-order valence-electron chi connectivity index (χ3n) is 6.66. The van der Waals surface area contributed by atoms with Crippen LogP contribution >= 0.6 is 0 Å². The van der Waals surface area contributed by atoms with Crippen molar-refractivity contribution in [2.75, 3.05) is 23.8 Å². The average Bonchev–Trinajstić information content (AvgIpc) is 3.14. The van der Waals surface area contributed by atoms with Gasteiger partial charge in [-0.25, -0.2) is 19.7 Å². The Morgan fingerprint density at radius 3 is 2.48 bits per heavy atom. The molecule has 0 saturated carbocycles. The number of nitrogens with zero attached hydrogens (tertiary/aromatic N) is 4. The van der Waals surface area contributed by atoms with Crippen molar-refractivity contribution in [3.05, 3.63) is 53.6 Å². The van der Waals surface area contributed by atoms with Gasteiger partial charge in [0, 0.05) is 18.2 Å². The number of pyridine rings is 3. The summed E-state index contributed by atoms with van der Waals surface area (Å²) in [6, 6.07) is 11.2. The van der Waals surface area contributed by atoms with E-state index in [1.807, 2.05) is 19.1 Å². The lowest BCUT2D eigenvalue weighted by Crippen LogP contribution is -2.41. The quantitative estimate of drug-likeness (QED) is 0.420.